The summed E-state index contributed by atoms with van der Waals surface area (Å²) in [5.41, 5.74) is 1.23. The summed E-state index contributed by atoms with van der Waals surface area (Å²) in [5.74, 6) is 3.00. The molecule has 1 atom stereocenters. The number of aromatic nitrogens is 1. The number of nitrogens with zero attached hydrogens (tertiary/aromatic N) is 3. The summed E-state index contributed by atoms with van der Waals surface area (Å²) in [6.07, 6.45) is 11.4. The second kappa shape index (κ2) is 5.72. The smallest absolute Gasteiger partial charge is 0.229 e. The first kappa shape index (κ1) is 15.7. The zero-order valence-corrected chi connectivity index (χ0v) is 15.2. The lowest BCUT2D eigenvalue weighted by atomic mass is 9.49. The summed E-state index contributed by atoms with van der Waals surface area (Å²) < 4.78 is 0. The first-order valence-corrected chi connectivity index (χ1v) is 10.1. The van der Waals surface area contributed by atoms with Crippen molar-refractivity contribution < 1.29 is 4.79 Å². The lowest BCUT2D eigenvalue weighted by molar-refractivity contribution is -0.160. The highest BCUT2D eigenvalue weighted by Crippen LogP contribution is 2.60. The van der Waals surface area contributed by atoms with Crippen molar-refractivity contribution in [3.8, 4) is 0 Å². The van der Waals surface area contributed by atoms with Crippen molar-refractivity contribution in [1.82, 2.24) is 9.88 Å². The lowest BCUT2D eigenvalue weighted by Gasteiger charge is -2.57. The zero-order valence-electron chi connectivity index (χ0n) is 15.2. The van der Waals surface area contributed by atoms with Crippen molar-refractivity contribution in [2.75, 3.05) is 24.5 Å². The van der Waals surface area contributed by atoms with Gasteiger partial charge in [0.2, 0.25) is 5.91 Å². The molecule has 5 fully saturated rings. The van der Waals surface area contributed by atoms with Gasteiger partial charge in [0.1, 0.15) is 0 Å². The number of piperazine rings is 1. The van der Waals surface area contributed by atoms with Gasteiger partial charge in [0.25, 0.3) is 0 Å². The molecule has 4 saturated carbocycles. The van der Waals surface area contributed by atoms with E-state index in [2.05, 4.69) is 33.8 Å². The molecule has 1 amide bonds. The van der Waals surface area contributed by atoms with Crippen LogP contribution in [0.3, 0.4) is 0 Å². The van der Waals surface area contributed by atoms with Crippen LogP contribution in [0.2, 0.25) is 0 Å². The number of pyridine rings is 1. The van der Waals surface area contributed by atoms with Gasteiger partial charge in [0.15, 0.2) is 0 Å². The highest BCUT2D eigenvalue weighted by Gasteiger charge is 2.56. The number of hydrogen-bond acceptors (Lipinski definition) is 3. The zero-order chi connectivity index (χ0) is 17.0. The molecule has 4 heteroatoms. The molecule has 1 aromatic heterocycles. The van der Waals surface area contributed by atoms with Crippen molar-refractivity contribution in [1.29, 1.82) is 0 Å². The molecular formula is C21H29N3O. The van der Waals surface area contributed by atoms with E-state index in [9.17, 15) is 4.79 Å². The number of rotatable bonds is 2. The molecule has 1 aromatic rings. The van der Waals surface area contributed by atoms with Crippen molar-refractivity contribution >= 4 is 11.6 Å². The molecule has 1 aliphatic heterocycles. The molecule has 4 bridgehead atoms. The van der Waals surface area contributed by atoms with Crippen LogP contribution in [0.4, 0.5) is 5.69 Å². The normalized spacial score (nSPS) is 39.7. The van der Waals surface area contributed by atoms with Crippen LogP contribution >= 0.6 is 0 Å². The molecule has 4 nitrogen and oxygen atoms in total. The van der Waals surface area contributed by atoms with Crippen molar-refractivity contribution in [3.63, 3.8) is 0 Å². The van der Waals surface area contributed by atoms with E-state index in [1.54, 1.807) is 0 Å². The summed E-state index contributed by atoms with van der Waals surface area (Å²) in [5, 5.41) is 0. The van der Waals surface area contributed by atoms with Crippen molar-refractivity contribution in [3.05, 3.63) is 24.5 Å². The molecule has 25 heavy (non-hydrogen) atoms. The monoisotopic (exact) mass is 339 g/mol. The Morgan fingerprint density at radius 2 is 1.64 bits per heavy atom. The predicted octanol–water partition coefficient (Wildman–Crippen LogP) is 3.34. The Morgan fingerprint density at radius 1 is 1.04 bits per heavy atom. The largest absolute Gasteiger partial charge is 0.368 e. The quantitative estimate of drug-likeness (QED) is 0.829. The fraction of sp³-hybridized carbons (Fsp3) is 0.714. The molecule has 2 heterocycles. The predicted molar refractivity (Wildman–Crippen MR) is 98.2 cm³/mol. The fourth-order valence-electron chi connectivity index (χ4n) is 6.73. The average molecular weight is 339 g/mol. The Hall–Kier alpha value is -1.58. The van der Waals surface area contributed by atoms with E-state index in [0.717, 1.165) is 37.4 Å². The minimum atomic E-state index is 0.00183. The molecule has 0 aromatic carbocycles. The van der Waals surface area contributed by atoms with Crippen LogP contribution < -0.4 is 4.90 Å². The Morgan fingerprint density at radius 3 is 2.20 bits per heavy atom. The number of amides is 1. The maximum atomic E-state index is 13.6. The molecule has 4 aliphatic carbocycles. The Bertz CT molecular complexity index is 623. The fourth-order valence-corrected chi connectivity index (χ4v) is 6.73. The van der Waals surface area contributed by atoms with Gasteiger partial charge in [-0.1, -0.05) is 0 Å². The summed E-state index contributed by atoms with van der Waals surface area (Å²) in [6, 6.07) is 4.44. The molecule has 0 spiro atoms. The van der Waals surface area contributed by atoms with Gasteiger partial charge < -0.3 is 9.80 Å². The van der Waals surface area contributed by atoms with E-state index in [-0.39, 0.29) is 5.41 Å². The molecule has 0 radical (unpaired) electrons. The van der Waals surface area contributed by atoms with E-state index in [4.69, 9.17) is 0 Å². The van der Waals surface area contributed by atoms with Gasteiger partial charge in [-0.25, -0.2) is 0 Å². The van der Waals surface area contributed by atoms with Crippen molar-refractivity contribution in [2.24, 2.45) is 23.2 Å². The number of carbonyl (C=O) groups is 1. The third kappa shape index (κ3) is 2.56. The van der Waals surface area contributed by atoms with Crippen LogP contribution in [0.25, 0.3) is 0 Å². The maximum Gasteiger partial charge on any atom is 0.229 e. The van der Waals surface area contributed by atoms with E-state index >= 15 is 0 Å². The van der Waals surface area contributed by atoms with E-state index < -0.39 is 0 Å². The number of anilines is 1. The third-order valence-electron chi connectivity index (χ3n) is 7.41. The Labute approximate surface area is 150 Å². The second-order valence-corrected chi connectivity index (χ2v) is 9.20. The standard InChI is InChI=1S/C21H29N3O/c1-15-14-23(19-2-4-22-5-3-19)6-7-24(15)20(25)21-11-16-8-17(12-21)10-18(9-16)13-21/h2-5,15-18H,6-14H2,1H3/t15-,16?,17?,18?,21?/m1/s1. The molecule has 0 unspecified atom stereocenters. The van der Waals surface area contributed by atoms with E-state index in [0.29, 0.717) is 11.9 Å². The molecular weight excluding hydrogens is 310 g/mol. The average Bonchev–Trinajstić information content (AvgIpc) is 2.61. The summed E-state index contributed by atoms with van der Waals surface area (Å²) in [4.78, 5) is 22.3. The maximum absolute atomic E-state index is 13.6. The Balaban J connectivity index is 1.32. The van der Waals surface area contributed by atoms with Crippen LogP contribution in [0, 0.1) is 23.2 Å². The number of hydrogen-bond donors (Lipinski definition) is 0. The van der Waals surface area contributed by atoms with E-state index in [1.165, 1.54) is 44.2 Å². The highest BCUT2D eigenvalue weighted by molar-refractivity contribution is 5.84. The summed E-state index contributed by atoms with van der Waals surface area (Å²) in [7, 11) is 0. The molecule has 134 valence electrons. The SMILES string of the molecule is C[C@@H]1CN(c2ccncc2)CCN1C(=O)C12CC3CC(CC(C3)C1)C2. The van der Waals surface area contributed by atoms with Crippen LogP contribution in [0.5, 0.6) is 0 Å². The minimum Gasteiger partial charge on any atom is -0.368 e. The van der Waals surface area contributed by atoms with Gasteiger partial charge in [0.05, 0.1) is 5.41 Å². The van der Waals surface area contributed by atoms with E-state index in [1.807, 2.05) is 12.4 Å². The summed E-state index contributed by atoms with van der Waals surface area (Å²) in [6.45, 7) is 4.96. The molecule has 0 N–H and O–H groups in total. The topological polar surface area (TPSA) is 36.4 Å². The first-order chi connectivity index (χ1) is 12.1. The van der Waals surface area contributed by atoms with Gasteiger partial charge in [-0.3, -0.25) is 9.78 Å². The number of carbonyl (C=O) groups excluding carboxylic acids is 1. The molecule has 5 aliphatic rings. The molecule has 6 rings (SSSR count). The van der Waals surface area contributed by atoms with Crippen molar-refractivity contribution in [2.45, 2.75) is 51.5 Å². The van der Waals surface area contributed by atoms with Crippen LogP contribution in [-0.4, -0.2) is 41.5 Å². The minimum absolute atomic E-state index is 0.00183. The van der Waals surface area contributed by atoms with Crippen LogP contribution in [-0.2, 0) is 4.79 Å². The lowest BCUT2D eigenvalue weighted by Crippen LogP contribution is -2.61. The van der Waals surface area contributed by atoms with Crippen LogP contribution in [0.1, 0.15) is 45.4 Å². The van der Waals surface area contributed by atoms with Gasteiger partial charge >= 0.3 is 0 Å². The second-order valence-electron chi connectivity index (χ2n) is 9.20. The highest BCUT2D eigenvalue weighted by atomic mass is 16.2. The Kier molecular flexibility index (Phi) is 3.58. The van der Waals surface area contributed by atoms with Gasteiger partial charge in [-0.2, -0.15) is 0 Å². The first-order valence-electron chi connectivity index (χ1n) is 10.1. The third-order valence-corrected chi connectivity index (χ3v) is 7.41. The van der Waals surface area contributed by atoms with Crippen LogP contribution in [0.15, 0.2) is 24.5 Å². The summed E-state index contributed by atoms with van der Waals surface area (Å²) >= 11 is 0. The van der Waals surface area contributed by atoms with Gasteiger partial charge in [-0.15, -0.1) is 0 Å². The molecule has 1 saturated heterocycles. The van der Waals surface area contributed by atoms with Gasteiger partial charge in [-0.05, 0) is 75.3 Å². The van der Waals surface area contributed by atoms with Gasteiger partial charge in [0, 0.05) is 43.8 Å².